The summed E-state index contributed by atoms with van der Waals surface area (Å²) in [5.41, 5.74) is 0.700. The first-order valence-electron chi connectivity index (χ1n) is 5.57. The Kier molecular flexibility index (Phi) is 3.64. The molecule has 0 saturated heterocycles. The van der Waals surface area contributed by atoms with Gasteiger partial charge in [-0.25, -0.2) is 0 Å². The Balaban J connectivity index is 2.08. The van der Waals surface area contributed by atoms with Crippen LogP contribution >= 0.6 is 15.9 Å². The summed E-state index contributed by atoms with van der Waals surface area (Å²) in [4.78, 5) is 12.0. The molecule has 0 unspecified atom stereocenters. The molecule has 16 heavy (non-hydrogen) atoms. The lowest BCUT2D eigenvalue weighted by Gasteiger charge is -2.07. The monoisotopic (exact) mass is 282 g/mol. The van der Waals surface area contributed by atoms with Crippen LogP contribution in [0.3, 0.4) is 0 Å². The SMILES string of the molecule is COc1cc(Br)ccc1C(=O)CCC1CC1. The van der Waals surface area contributed by atoms with Crippen LogP contribution < -0.4 is 4.74 Å². The van der Waals surface area contributed by atoms with Crippen LogP contribution in [0.5, 0.6) is 5.75 Å². The first-order chi connectivity index (χ1) is 7.70. The summed E-state index contributed by atoms with van der Waals surface area (Å²) in [5, 5.41) is 0. The van der Waals surface area contributed by atoms with E-state index in [1.807, 2.05) is 18.2 Å². The number of hydrogen-bond acceptors (Lipinski definition) is 2. The van der Waals surface area contributed by atoms with Crippen LogP contribution in [0.4, 0.5) is 0 Å². The van der Waals surface area contributed by atoms with Crippen LogP contribution in [0.15, 0.2) is 22.7 Å². The van der Waals surface area contributed by atoms with Crippen molar-refractivity contribution >= 4 is 21.7 Å². The smallest absolute Gasteiger partial charge is 0.166 e. The van der Waals surface area contributed by atoms with E-state index in [0.717, 1.165) is 16.8 Å². The van der Waals surface area contributed by atoms with E-state index in [1.165, 1.54) is 12.8 Å². The Morgan fingerprint density at radius 1 is 1.50 bits per heavy atom. The summed E-state index contributed by atoms with van der Waals surface area (Å²) in [6.07, 6.45) is 4.26. The number of ketones is 1. The van der Waals surface area contributed by atoms with Crippen molar-refractivity contribution < 1.29 is 9.53 Å². The highest BCUT2D eigenvalue weighted by Crippen LogP contribution is 2.34. The Morgan fingerprint density at radius 2 is 2.25 bits per heavy atom. The Hall–Kier alpha value is -0.830. The maximum Gasteiger partial charge on any atom is 0.166 e. The normalized spacial score (nSPS) is 14.9. The van der Waals surface area contributed by atoms with Gasteiger partial charge in [-0.3, -0.25) is 4.79 Å². The van der Waals surface area contributed by atoms with Gasteiger partial charge in [0.1, 0.15) is 5.75 Å². The van der Waals surface area contributed by atoms with Crippen molar-refractivity contribution in [2.45, 2.75) is 25.7 Å². The third kappa shape index (κ3) is 2.85. The molecule has 0 spiro atoms. The second-order valence-corrected chi connectivity index (χ2v) is 5.17. The van der Waals surface area contributed by atoms with E-state index in [4.69, 9.17) is 4.74 Å². The second-order valence-electron chi connectivity index (χ2n) is 4.25. The average Bonchev–Trinajstić information content (AvgIpc) is 3.09. The van der Waals surface area contributed by atoms with Crippen molar-refractivity contribution in [1.82, 2.24) is 0 Å². The summed E-state index contributed by atoms with van der Waals surface area (Å²) in [5.74, 6) is 1.65. The predicted octanol–water partition coefficient (Wildman–Crippen LogP) is 3.83. The van der Waals surface area contributed by atoms with Crippen molar-refractivity contribution in [3.8, 4) is 5.75 Å². The molecule has 0 heterocycles. The quantitative estimate of drug-likeness (QED) is 0.768. The van der Waals surface area contributed by atoms with E-state index < -0.39 is 0 Å². The van der Waals surface area contributed by atoms with Crippen LogP contribution in [0.1, 0.15) is 36.0 Å². The van der Waals surface area contributed by atoms with Crippen molar-refractivity contribution in [3.05, 3.63) is 28.2 Å². The van der Waals surface area contributed by atoms with E-state index in [2.05, 4.69) is 15.9 Å². The van der Waals surface area contributed by atoms with Gasteiger partial charge in [-0.05, 0) is 30.5 Å². The zero-order valence-corrected chi connectivity index (χ0v) is 10.9. The molecule has 1 aromatic rings. The van der Waals surface area contributed by atoms with Gasteiger partial charge < -0.3 is 4.74 Å². The van der Waals surface area contributed by atoms with E-state index in [-0.39, 0.29) is 5.78 Å². The lowest BCUT2D eigenvalue weighted by atomic mass is 10.0. The summed E-state index contributed by atoms with van der Waals surface area (Å²) < 4.78 is 6.15. The topological polar surface area (TPSA) is 26.3 Å². The molecule has 1 aliphatic carbocycles. The molecule has 3 heteroatoms. The van der Waals surface area contributed by atoms with Crippen molar-refractivity contribution in [1.29, 1.82) is 0 Å². The molecule has 0 aromatic heterocycles. The minimum atomic E-state index is 0.191. The van der Waals surface area contributed by atoms with Gasteiger partial charge in [-0.15, -0.1) is 0 Å². The number of carbonyl (C=O) groups excluding carboxylic acids is 1. The number of Topliss-reactive ketones (excluding diaryl/α,β-unsaturated/α-hetero) is 1. The van der Waals surface area contributed by atoms with Gasteiger partial charge in [0.05, 0.1) is 12.7 Å². The van der Waals surface area contributed by atoms with E-state index in [1.54, 1.807) is 7.11 Å². The molecule has 0 aliphatic heterocycles. The third-order valence-corrected chi connectivity index (χ3v) is 3.43. The van der Waals surface area contributed by atoms with E-state index in [9.17, 15) is 4.79 Å². The number of hydrogen-bond donors (Lipinski definition) is 0. The van der Waals surface area contributed by atoms with Crippen molar-refractivity contribution in [2.75, 3.05) is 7.11 Å². The van der Waals surface area contributed by atoms with Crippen LogP contribution in [0.2, 0.25) is 0 Å². The Bertz CT molecular complexity index is 397. The van der Waals surface area contributed by atoms with Gasteiger partial charge in [0.15, 0.2) is 5.78 Å². The molecule has 2 rings (SSSR count). The van der Waals surface area contributed by atoms with Crippen LogP contribution in [0, 0.1) is 5.92 Å². The minimum Gasteiger partial charge on any atom is -0.496 e. The molecule has 2 nitrogen and oxygen atoms in total. The highest BCUT2D eigenvalue weighted by molar-refractivity contribution is 9.10. The summed E-state index contributed by atoms with van der Waals surface area (Å²) >= 11 is 3.37. The van der Waals surface area contributed by atoms with Gasteiger partial charge in [-0.2, -0.15) is 0 Å². The highest BCUT2D eigenvalue weighted by atomic mass is 79.9. The summed E-state index contributed by atoms with van der Waals surface area (Å²) in [6, 6.07) is 5.55. The third-order valence-electron chi connectivity index (χ3n) is 2.94. The average molecular weight is 283 g/mol. The number of ether oxygens (including phenoxy) is 1. The molecule has 0 atom stereocenters. The Morgan fingerprint density at radius 3 is 2.88 bits per heavy atom. The summed E-state index contributed by atoms with van der Waals surface area (Å²) in [7, 11) is 1.60. The van der Waals surface area contributed by atoms with Gasteiger partial charge in [0, 0.05) is 10.9 Å². The largest absolute Gasteiger partial charge is 0.496 e. The number of carbonyl (C=O) groups is 1. The fourth-order valence-electron chi connectivity index (χ4n) is 1.77. The number of rotatable bonds is 5. The molecule has 0 amide bonds. The fourth-order valence-corrected chi connectivity index (χ4v) is 2.11. The first-order valence-corrected chi connectivity index (χ1v) is 6.36. The van der Waals surface area contributed by atoms with Crippen LogP contribution in [-0.2, 0) is 0 Å². The lowest BCUT2D eigenvalue weighted by Crippen LogP contribution is -2.02. The van der Waals surface area contributed by atoms with Gasteiger partial charge >= 0.3 is 0 Å². The fraction of sp³-hybridized carbons (Fsp3) is 0.462. The molecule has 86 valence electrons. The van der Waals surface area contributed by atoms with Crippen LogP contribution in [0.25, 0.3) is 0 Å². The highest BCUT2D eigenvalue weighted by Gasteiger charge is 2.23. The zero-order valence-electron chi connectivity index (χ0n) is 9.33. The van der Waals surface area contributed by atoms with E-state index >= 15 is 0 Å². The van der Waals surface area contributed by atoms with E-state index in [0.29, 0.717) is 17.7 Å². The molecule has 0 bridgehead atoms. The number of methoxy groups -OCH3 is 1. The first kappa shape index (κ1) is 11.6. The maximum atomic E-state index is 12.0. The Labute approximate surface area is 104 Å². The molecule has 0 radical (unpaired) electrons. The van der Waals surface area contributed by atoms with Crippen LogP contribution in [-0.4, -0.2) is 12.9 Å². The number of benzene rings is 1. The maximum absolute atomic E-state index is 12.0. The molecular formula is C13H15BrO2. The number of halogens is 1. The predicted molar refractivity (Wildman–Crippen MR) is 67.0 cm³/mol. The van der Waals surface area contributed by atoms with Gasteiger partial charge in [0.2, 0.25) is 0 Å². The van der Waals surface area contributed by atoms with Gasteiger partial charge in [0.25, 0.3) is 0 Å². The standard InChI is InChI=1S/C13H15BrO2/c1-16-13-8-10(14)5-6-11(13)12(15)7-4-9-2-3-9/h5-6,8-9H,2-4,7H2,1H3. The van der Waals surface area contributed by atoms with Gasteiger partial charge in [-0.1, -0.05) is 28.8 Å². The molecule has 0 N–H and O–H groups in total. The summed E-state index contributed by atoms with van der Waals surface area (Å²) in [6.45, 7) is 0. The minimum absolute atomic E-state index is 0.191. The second kappa shape index (κ2) is 5.00. The molecule has 1 aromatic carbocycles. The molecule has 1 saturated carbocycles. The van der Waals surface area contributed by atoms with Crippen molar-refractivity contribution in [3.63, 3.8) is 0 Å². The lowest BCUT2D eigenvalue weighted by molar-refractivity contribution is 0.0975. The molecule has 1 fully saturated rings. The zero-order chi connectivity index (χ0) is 11.5. The van der Waals surface area contributed by atoms with Crippen molar-refractivity contribution in [2.24, 2.45) is 5.92 Å². The molecule has 1 aliphatic rings. The molecular weight excluding hydrogens is 268 g/mol.